The summed E-state index contributed by atoms with van der Waals surface area (Å²) in [5.74, 6) is -9.27. The topological polar surface area (TPSA) is 16.1 Å². The fourth-order valence-electron chi connectivity index (χ4n) is 1.76. The minimum absolute atomic E-state index is 0.0335. The summed E-state index contributed by atoms with van der Waals surface area (Å²) >= 11 is 0.944. The van der Waals surface area contributed by atoms with Crippen LogP contribution in [0.5, 0.6) is 0 Å². The molecule has 0 aliphatic rings. The zero-order valence-corrected chi connectivity index (χ0v) is 11.8. The molecule has 0 saturated carbocycles. The van der Waals surface area contributed by atoms with E-state index >= 15 is 0 Å². The van der Waals surface area contributed by atoms with Crippen molar-refractivity contribution in [1.29, 1.82) is 0 Å². The molecule has 2 aromatic rings. The second-order valence-corrected chi connectivity index (χ2v) is 5.50. The van der Waals surface area contributed by atoms with Gasteiger partial charge in [-0.25, -0.2) is 22.5 Å². The van der Waals surface area contributed by atoms with E-state index in [-0.39, 0.29) is 5.13 Å². The summed E-state index contributed by atoms with van der Waals surface area (Å²) < 4.78 is 92.2. The maximum absolute atomic E-state index is 13.8. The standard InChI is InChI=1S/C12H7F7N2S/c1-4-3-20-11(22-4)21(2)10-8(15)6(13)5(12(17,18)19)7(14)9(10)16/h3H,1-2H3. The van der Waals surface area contributed by atoms with E-state index in [1.165, 1.54) is 6.20 Å². The zero-order valence-electron chi connectivity index (χ0n) is 11.0. The Labute approximate surface area is 123 Å². The fourth-order valence-corrected chi connectivity index (χ4v) is 2.48. The monoisotopic (exact) mass is 344 g/mol. The first-order chi connectivity index (χ1) is 10.1. The molecule has 0 atom stereocenters. The van der Waals surface area contributed by atoms with Crippen LogP contribution in [0, 0.1) is 30.2 Å². The number of aryl methyl sites for hydroxylation is 1. The molecule has 2 nitrogen and oxygen atoms in total. The van der Waals surface area contributed by atoms with Crippen molar-refractivity contribution in [3.8, 4) is 0 Å². The molecule has 2 rings (SSSR count). The predicted molar refractivity (Wildman–Crippen MR) is 66.2 cm³/mol. The number of nitrogens with zero attached hydrogens (tertiary/aromatic N) is 2. The fraction of sp³-hybridized carbons (Fsp3) is 0.250. The number of hydrogen-bond donors (Lipinski definition) is 0. The van der Waals surface area contributed by atoms with Crippen molar-refractivity contribution in [2.24, 2.45) is 0 Å². The summed E-state index contributed by atoms with van der Waals surface area (Å²) in [5.41, 5.74) is -3.88. The smallest absolute Gasteiger partial charge is 0.316 e. The Kier molecular flexibility index (Phi) is 4.07. The van der Waals surface area contributed by atoms with Crippen LogP contribution in [0.1, 0.15) is 10.4 Å². The molecule has 0 spiro atoms. The molecule has 0 unspecified atom stereocenters. The van der Waals surface area contributed by atoms with Crippen molar-refractivity contribution >= 4 is 22.2 Å². The molecule has 0 fully saturated rings. The van der Waals surface area contributed by atoms with Crippen molar-refractivity contribution in [3.63, 3.8) is 0 Å². The van der Waals surface area contributed by atoms with Crippen LogP contribution in [-0.4, -0.2) is 12.0 Å². The van der Waals surface area contributed by atoms with Gasteiger partial charge in [0.1, 0.15) is 11.3 Å². The summed E-state index contributed by atoms with van der Waals surface area (Å²) in [6.07, 6.45) is -4.23. The van der Waals surface area contributed by atoms with Gasteiger partial charge < -0.3 is 4.90 Å². The van der Waals surface area contributed by atoms with Crippen LogP contribution >= 0.6 is 11.3 Å². The highest BCUT2D eigenvalue weighted by molar-refractivity contribution is 7.15. The highest BCUT2D eigenvalue weighted by Gasteiger charge is 2.43. The van der Waals surface area contributed by atoms with Crippen LogP contribution in [0.4, 0.5) is 41.6 Å². The van der Waals surface area contributed by atoms with E-state index in [9.17, 15) is 30.7 Å². The first kappa shape index (κ1) is 16.5. The van der Waals surface area contributed by atoms with Gasteiger partial charge in [0, 0.05) is 18.1 Å². The van der Waals surface area contributed by atoms with Crippen molar-refractivity contribution in [1.82, 2.24) is 4.98 Å². The summed E-state index contributed by atoms with van der Waals surface area (Å²) in [6, 6.07) is 0. The van der Waals surface area contributed by atoms with Gasteiger partial charge in [-0.1, -0.05) is 0 Å². The van der Waals surface area contributed by atoms with Crippen molar-refractivity contribution in [2.75, 3.05) is 11.9 Å². The van der Waals surface area contributed by atoms with Gasteiger partial charge in [0.05, 0.1) is 0 Å². The Morgan fingerprint density at radius 1 is 1.00 bits per heavy atom. The van der Waals surface area contributed by atoms with Gasteiger partial charge >= 0.3 is 6.18 Å². The van der Waals surface area contributed by atoms with Crippen molar-refractivity contribution < 1.29 is 30.7 Å². The first-order valence-electron chi connectivity index (χ1n) is 5.65. The second kappa shape index (κ2) is 5.41. The molecule has 1 heterocycles. The van der Waals surface area contributed by atoms with Crippen LogP contribution in [-0.2, 0) is 6.18 Å². The van der Waals surface area contributed by atoms with Crippen LogP contribution in [0.15, 0.2) is 6.20 Å². The molecule has 10 heteroatoms. The highest BCUT2D eigenvalue weighted by Crippen LogP contribution is 2.41. The third kappa shape index (κ3) is 2.62. The number of halogens is 7. The second-order valence-electron chi connectivity index (χ2n) is 4.29. The van der Waals surface area contributed by atoms with Gasteiger partial charge in [0.15, 0.2) is 28.4 Å². The highest BCUT2D eigenvalue weighted by atomic mass is 32.1. The lowest BCUT2D eigenvalue weighted by Crippen LogP contribution is -2.20. The van der Waals surface area contributed by atoms with E-state index in [0.717, 1.165) is 18.4 Å². The maximum Gasteiger partial charge on any atom is 0.422 e. The summed E-state index contributed by atoms with van der Waals surface area (Å²) in [5, 5.41) is -0.0335. The zero-order chi connectivity index (χ0) is 16.8. The van der Waals surface area contributed by atoms with E-state index in [2.05, 4.69) is 4.98 Å². The molecule has 0 saturated heterocycles. The number of anilines is 2. The van der Waals surface area contributed by atoms with Crippen LogP contribution in [0.25, 0.3) is 0 Å². The lowest BCUT2D eigenvalue weighted by molar-refractivity contribution is -0.143. The van der Waals surface area contributed by atoms with E-state index in [1.54, 1.807) is 6.92 Å². The van der Waals surface area contributed by atoms with Crippen LogP contribution in [0.3, 0.4) is 0 Å². The largest absolute Gasteiger partial charge is 0.422 e. The SMILES string of the molecule is Cc1cnc(N(C)c2c(F)c(F)c(C(F)(F)F)c(F)c2F)s1. The molecule has 0 radical (unpaired) electrons. The maximum atomic E-state index is 13.8. The van der Waals surface area contributed by atoms with Crippen LogP contribution in [0.2, 0.25) is 0 Å². The molecule has 1 aromatic heterocycles. The van der Waals surface area contributed by atoms with E-state index in [4.69, 9.17) is 0 Å². The number of aromatic nitrogens is 1. The van der Waals surface area contributed by atoms with E-state index in [1.807, 2.05) is 0 Å². The normalized spacial score (nSPS) is 11.9. The van der Waals surface area contributed by atoms with Gasteiger partial charge in [-0.3, -0.25) is 0 Å². The van der Waals surface area contributed by atoms with E-state index in [0.29, 0.717) is 9.78 Å². The minimum Gasteiger partial charge on any atom is -0.316 e. The average Bonchev–Trinajstić information content (AvgIpc) is 2.82. The number of benzene rings is 1. The minimum atomic E-state index is -5.56. The lowest BCUT2D eigenvalue weighted by Gasteiger charge is -2.20. The summed E-state index contributed by atoms with van der Waals surface area (Å²) in [7, 11) is 1.03. The number of rotatable bonds is 2. The number of alkyl halides is 3. The molecule has 1 aromatic carbocycles. The van der Waals surface area contributed by atoms with Gasteiger partial charge in [0.2, 0.25) is 0 Å². The third-order valence-electron chi connectivity index (χ3n) is 2.76. The molecular weight excluding hydrogens is 337 g/mol. The van der Waals surface area contributed by atoms with Crippen molar-refractivity contribution in [2.45, 2.75) is 13.1 Å². The van der Waals surface area contributed by atoms with Gasteiger partial charge in [0.25, 0.3) is 0 Å². The van der Waals surface area contributed by atoms with Gasteiger partial charge in [-0.15, -0.1) is 11.3 Å². The van der Waals surface area contributed by atoms with Gasteiger partial charge in [-0.2, -0.15) is 13.2 Å². The Morgan fingerprint density at radius 3 is 1.86 bits per heavy atom. The predicted octanol–water partition coefficient (Wildman–Crippen LogP) is 4.79. The first-order valence-corrected chi connectivity index (χ1v) is 6.46. The Bertz CT molecular complexity index is 694. The Balaban J connectivity index is 2.69. The summed E-state index contributed by atoms with van der Waals surface area (Å²) in [4.78, 5) is 5.03. The summed E-state index contributed by atoms with van der Waals surface area (Å²) in [6.45, 7) is 1.62. The average molecular weight is 344 g/mol. The van der Waals surface area contributed by atoms with E-state index < -0.39 is 40.7 Å². The molecule has 0 aliphatic carbocycles. The lowest BCUT2D eigenvalue weighted by atomic mass is 10.1. The molecule has 0 N–H and O–H groups in total. The van der Waals surface area contributed by atoms with Crippen molar-refractivity contribution in [3.05, 3.63) is 39.9 Å². The molecule has 0 amide bonds. The Morgan fingerprint density at radius 2 is 1.50 bits per heavy atom. The molecule has 22 heavy (non-hydrogen) atoms. The molecule has 120 valence electrons. The molecular formula is C12H7F7N2S. The molecule has 0 aliphatic heterocycles. The Hall–Kier alpha value is -1.84. The van der Waals surface area contributed by atoms with Gasteiger partial charge in [-0.05, 0) is 6.92 Å². The third-order valence-corrected chi connectivity index (χ3v) is 3.74. The molecule has 0 bridgehead atoms. The van der Waals surface area contributed by atoms with Crippen LogP contribution < -0.4 is 4.90 Å². The quantitative estimate of drug-likeness (QED) is 0.575. The number of thiazole rings is 1. The number of hydrogen-bond acceptors (Lipinski definition) is 3.